The number of likely N-dealkylation sites (N-methyl/N-ethyl adjacent to an activating group) is 1. The van der Waals surface area contributed by atoms with Crippen LogP contribution in [0, 0.1) is 16.0 Å². The Morgan fingerprint density at radius 1 is 1.21 bits per heavy atom. The lowest BCUT2D eigenvalue weighted by atomic mass is 10.0. The summed E-state index contributed by atoms with van der Waals surface area (Å²) < 4.78 is 27.1. The number of piperidine rings is 1. The van der Waals surface area contributed by atoms with Crippen molar-refractivity contribution in [1.29, 1.82) is 0 Å². The van der Waals surface area contributed by atoms with Crippen molar-refractivity contribution in [2.75, 3.05) is 39.0 Å². The van der Waals surface area contributed by atoms with E-state index >= 15 is 0 Å². The smallest absolute Gasteiger partial charge is 0.293 e. The highest BCUT2D eigenvalue weighted by atomic mass is 32.2. The summed E-state index contributed by atoms with van der Waals surface area (Å²) in [5, 5.41) is 14.7. The van der Waals surface area contributed by atoms with Crippen LogP contribution in [0.5, 0.6) is 0 Å². The van der Waals surface area contributed by atoms with Crippen LogP contribution >= 0.6 is 0 Å². The molecular formula is C19H32N4O4S. The van der Waals surface area contributed by atoms with Gasteiger partial charge in [-0.3, -0.25) is 10.1 Å². The maximum Gasteiger partial charge on any atom is 0.293 e. The van der Waals surface area contributed by atoms with Crippen LogP contribution in [0.3, 0.4) is 0 Å². The SMILES string of the molecule is CC(C)C[C@H](CNc1ccc(S(=O)(=O)N2CCCCC2)cc1[N+](=O)[O-])N(C)C. The van der Waals surface area contributed by atoms with Gasteiger partial charge in [0.25, 0.3) is 5.69 Å². The molecule has 0 unspecified atom stereocenters. The zero-order chi connectivity index (χ0) is 20.9. The largest absolute Gasteiger partial charge is 0.378 e. The van der Waals surface area contributed by atoms with Crippen LogP contribution in [0.1, 0.15) is 39.5 Å². The van der Waals surface area contributed by atoms with E-state index in [4.69, 9.17) is 0 Å². The lowest BCUT2D eigenvalue weighted by Crippen LogP contribution is -2.36. The van der Waals surface area contributed by atoms with Gasteiger partial charge in [0.1, 0.15) is 5.69 Å². The molecule has 0 radical (unpaired) electrons. The van der Waals surface area contributed by atoms with Crippen LogP contribution < -0.4 is 5.32 Å². The minimum absolute atomic E-state index is 0.0158. The topological polar surface area (TPSA) is 95.8 Å². The van der Waals surface area contributed by atoms with Gasteiger partial charge in [-0.2, -0.15) is 4.31 Å². The maximum atomic E-state index is 12.8. The van der Waals surface area contributed by atoms with Gasteiger partial charge in [-0.1, -0.05) is 20.3 Å². The molecule has 2 rings (SSSR count). The summed E-state index contributed by atoms with van der Waals surface area (Å²) in [5.41, 5.74) is 0.137. The van der Waals surface area contributed by atoms with E-state index in [1.807, 2.05) is 14.1 Å². The van der Waals surface area contributed by atoms with Gasteiger partial charge in [-0.15, -0.1) is 0 Å². The molecule has 0 saturated carbocycles. The minimum atomic E-state index is -3.70. The van der Waals surface area contributed by atoms with Crippen LogP contribution in [0.4, 0.5) is 11.4 Å². The van der Waals surface area contributed by atoms with Crippen molar-refractivity contribution in [2.24, 2.45) is 5.92 Å². The molecule has 158 valence electrons. The van der Waals surface area contributed by atoms with E-state index in [1.165, 1.54) is 22.5 Å². The Morgan fingerprint density at radius 2 is 1.86 bits per heavy atom. The van der Waals surface area contributed by atoms with Crippen LogP contribution in [0.2, 0.25) is 0 Å². The number of nitrogens with zero attached hydrogens (tertiary/aromatic N) is 3. The van der Waals surface area contributed by atoms with E-state index in [9.17, 15) is 18.5 Å². The standard InChI is InChI=1S/C19H32N4O4S/c1-15(2)12-16(21(3)4)14-20-18-9-8-17(13-19(18)23(24)25)28(26,27)22-10-6-5-7-11-22/h8-9,13,15-16,20H,5-7,10-12,14H2,1-4H3/t16-/m1/s1. The van der Waals surface area contributed by atoms with Crippen molar-refractivity contribution in [3.05, 3.63) is 28.3 Å². The first-order valence-electron chi connectivity index (χ1n) is 9.81. The van der Waals surface area contributed by atoms with E-state index in [0.717, 1.165) is 25.7 Å². The summed E-state index contributed by atoms with van der Waals surface area (Å²) in [7, 11) is 0.265. The molecule has 0 aliphatic carbocycles. The van der Waals surface area contributed by atoms with Gasteiger partial charge in [0, 0.05) is 31.7 Å². The molecule has 0 aromatic heterocycles. The third kappa shape index (κ3) is 5.65. The predicted molar refractivity (Wildman–Crippen MR) is 111 cm³/mol. The zero-order valence-electron chi connectivity index (χ0n) is 17.2. The number of sulfonamides is 1. The number of hydrogen-bond acceptors (Lipinski definition) is 6. The van der Waals surface area contributed by atoms with E-state index in [-0.39, 0.29) is 16.6 Å². The van der Waals surface area contributed by atoms with E-state index in [1.54, 1.807) is 0 Å². The highest BCUT2D eigenvalue weighted by Gasteiger charge is 2.28. The number of anilines is 1. The quantitative estimate of drug-likeness (QED) is 0.494. The highest BCUT2D eigenvalue weighted by molar-refractivity contribution is 7.89. The number of nitrogens with one attached hydrogen (secondary N) is 1. The molecule has 1 heterocycles. The lowest BCUT2D eigenvalue weighted by Gasteiger charge is -2.27. The van der Waals surface area contributed by atoms with E-state index in [0.29, 0.717) is 31.2 Å². The monoisotopic (exact) mass is 412 g/mol. The molecule has 1 atom stereocenters. The first-order valence-corrected chi connectivity index (χ1v) is 11.3. The summed E-state index contributed by atoms with van der Waals surface area (Å²) in [4.78, 5) is 13.1. The summed E-state index contributed by atoms with van der Waals surface area (Å²) in [5.74, 6) is 0.501. The van der Waals surface area contributed by atoms with Crippen LogP contribution in [0.25, 0.3) is 0 Å². The van der Waals surface area contributed by atoms with Crippen LogP contribution in [0.15, 0.2) is 23.1 Å². The Bertz CT molecular complexity index is 774. The number of rotatable bonds is 9. The third-order valence-electron chi connectivity index (χ3n) is 5.12. The normalized spacial score (nSPS) is 17.1. The summed E-state index contributed by atoms with van der Waals surface area (Å²) in [6.45, 7) is 5.76. The van der Waals surface area contributed by atoms with Gasteiger partial charge < -0.3 is 10.2 Å². The molecule has 9 heteroatoms. The lowest BCUT2D eigenvalue weighted by molar-refractivity contribution is -0.384. The van der Waals surface area contributed by atoms with Crippen molar-refractivity contribution in [1.82, 2.24) is 9.21 Å². The summed E-state index contributed by atoms with van der Waals surface area (Å²) in [6, 6.07) is 4.37. The first-order chi connectivity index (χ1) is 13.1. The average Bonchev–Trinajstić information content (AvgIpc) is 2.65. The van der Waals surface area contributed by atoms with Gasteiger partial charge in [0.05, 0.1) is 9.82 Å². The highest BCUT2D eigenvalue weighted by Crippen LogP contribution is 2.30. The van der Waals surface area contributed by atoms with Gasteiger partial charge >= 0.3 is 0 Å². The molecule has 1 fully saturated rings. The van der Waals surface area contributed by atoms with Gasteiger partial charge in [-0.25, -0.2) is 8.42 Å². The molecule has 0 bridgehead atoms. The molecule has 1 N–H and O–H groups in total. The fourth-order valence-electron chi connectivity index (χ4n) is 3.48. The second kappa shape index (κ2) is 9.67. The van der Waals surface area contributed by atoms with Crippen molar-refractivity contribution in [3.63, 3.8) is 0 Å². The molecule has 1 aliphatic rings. The van der Waals surface area contributed by atoms with E-state index < -0.39 is 14.9 Å². The Hall–Kier alpha value is -1.71. The van der Waals surface area contributed by atoms with Gasteiger partial charge in [-0.05, 0) is 51.4 Å². The number of nitro groups is 1. The molecule has 1 aromatic rings. The maximum absolute atomic E-state index is 12.8. The van der Waals surface area contributed by atoms with Crippen LogP contribution in [-0.4, -0.2) is 62.3 Å². The molecule has 8 nitrogen and oxygen atoms in total. The molecule has 0 amide bonds. The molecule has 1 aliphatic heterocycles. The zero-order valence-corrected chi connectivity index (χ0v) is 18.0. The average molecular weight is 413 g/mol. The fourth-order valence-corrected chi connectivity index (χ4v) is 5.01. The molecule has 0 spiro atoms. The third-order valence-corrected chi connectivity index (χ3v) is 7.02. The van der Waals surface area contributed by atoms with Gasteiger partial charge in [0.2, 0.25) is 10.0 Å². The minimum Gasteiger partial charge on any atom is -0.378 e. The molecule has 1 saturated heterocycles. The summed E-state index contributed by atoms with van der Waals surface area (Å²) >= 11 is 0. The Morgan fingerprint density at radius 3 is 2.39 bits per heavy atom. The number of nitro benzene ring substituents is 1. The number of benzene rings is 1. The van der Waals surface area contributed by atoms with Crippen molar-refractivity contribution in [3.8, 4) is 0 Å². The molecule has 28 heavy (non-hydrogen) atoms. The first kappa shape index (κ1) is 22.6. The second-order valence-corrected chi connectivity index (χ2v) is 9.97. The predicted octanol–water partition coefficient (Wildman–Crippen LogP) is 3.16. The Kier molecular flexibility index (Phi) is 7.79. The van der Waals surface area contributed by atoms with Crippen molar-refractivity contribution >= 4 is 21.4 Å². The van der Waals surface area contributed by atoms with E-state index in [2.05, 4.69) is 24.1 Å². The van der Waals surface area contributed by atoms with Crippen LogP contribution in [-0.2, 0) is 10.0 Å². The van der Waals surface area contributed by atoms with Crippen molar-refractivity contribution < 1.29 is 13.3 Å². The molecular weight excluding hydrogens is 380 g/mol. The van der Waals surface area contributed by atoms with Crippen molar-refractivity contribution in [2.45, 2.75) is 50.5 Å². The second-order valence-electron chi connectivity index (χ2n) is 8.03. The number of hydrogen-bond donors (Lipinski definition) is 1. The Labute approximate surface area is 168 Å². The molecule has 1 aromatic carbocycles. The van der Waals surface area contributed by atoms with Gasteiger partial charge in [0.15, 0.2) is 0 Å². The summed E-state index contributed by atoms with van der Waals surface area (Å²) in [6.07, 6.45) is 3.61. The Balaban J connectivity index is 2.24. The fraction of sp³-hybridized carbons (Fsp3) is 0.684.